The predicted molar refractivity (Wildman–Crippen MR) is 123 cm³/mol. The maximum atomic E-state index is 12.7. The molecule has 2 N–H and O–H groups in total. The molecule has 2 amide bonds. The number of aromatic nitrogens is 3. The number of hydrogen-bond acceptors (Lipinski definition) is 5. The number of carbonyl (C=O) groups is 2. The molecule has 1 aromatic carbocycles. The highest BCUT2D eigenvalue weighted by atomic mass is 16.6. The highest BCUT2D eigenvalue weighted by molar-refractivity contribution is 5.96. The Labute approximate surface area is 188 Å². The maximum Gasteiger partial charge on any atom is 0.407 e. The summed E-state index contributed by atoms with van der Waals surface area (Å²) in [5.41, 5.74) is 1.70. The first-order chi connectivity index (χ1) is 15.1. The van der Waals surface area contributed by atoms with Crippen LogP contribution in [0.2, 0.25) is 0 Å². The lowest BCUT2D eigenvalue weighted by atomic mass is 10.0. The van der Waals surface area contributed by atoms with Gasteiger partial charge in [-0.2, -0.15) is 5.10 Å². The van der Waals surface area contributed by atoms with E-state index in [4.69, 9.17) is 4.74 Å². The number of alkyl carbamates (subject to hydrolysis) is 1. The summed E-state index contributed by atoms with van der Waals surface area (Å²) in [4.78, 5) is 29.3. The number of carbonyl (C=O) groups excluding carboxylic acids is 2. The van der Waals surface area contributed by atoms with Crippen LogP contribution in [0.25, 0.3) is 11.0 Å². The Hall–Kier alpha value is -3.42. The molecule has 0 saturated heterocycles. The number of ether oxygens (including phenoxy) is 1. The van der Waals surface area contributed by atoms with Crippen LogP contribution in [-0.2, 0) is 11.3 Å². The summed E-state index contributed by atoms with van der Waals surface area (Å²) in [5, 5.41) is 10.9. The zero-order valence-electron chi connectivity index (χ0n) is 19.3. The SMILES string of the molecule is CC(C)C(CNC(=O)c1cnc2c(cnn2Cc2ccccc2)c1)NC(=O)OC(C)(C)C. The van der Waals surface area contributed by atoms with Gasteiger partial charge in [-0.25, -0.2) is 14.5 Å². The van der Waals surface area contributed by atoms with Gasteiger partial charge in [-0.1, -0.05) is 44.2 Å². The Morgan fingerprint density at radius 3 is 2.50 bits per heavy atom. The number of nitrogens with zero attached hydrogens (tertiary/aromatic N) is 3. The van der Waals surface area contributed by atoms with Crippen LogP contribution < -0.4 is 10.6 Å². The second-order valence-electron chi connectivity index (χ2n) is 9.13. The molecular formula is C24H31N5O3. The molecule has 0 radical (unpaired) electrons. The average Bonchev–Trinajstić information content (AvgIpc) is 3.12. The van der Waals surface area contributed by atoms with Gasteiger partial charge in [0.2, 0.25) is 0 Å². The second-order valence-corrected chi connectivity index (χ2v) is 9.13. The zero-order chi connectivity index (χ0) is 23.3. The molecule has 170 valence electrons. The van der Waals surface area contributed by atoms with Crippen LogP contribution in [0.3, 0.4) is 0 Å². The summed E-state index contributed by atoms with van der Waals surface area (Å²) in [6.07, 6.45) is 2.76. The molecule has 0 aliphatic carbocycles. The lowest BCUT2D eigenvalue weighted by Crippen LogP contribution is -2.48. The van der Waals surface area contributed by atoms with E-state index in [1.165, 1.54) is 0 Å². The minimum atomic E-state index is -0.582. The molecule has 0 fully saturated rings. The molecule has 2 aromatic heterocycles. The van der Waals surface area contributed by atoms with Crippen molar-refractivity contribution in [1.82, 2.24) is 25.4 Å². The highest BCUT2D eigenvalue weighted by Gasteiger charge is 2.22. The molecule has 8 nitrogen and oxygen atoms in total. The van der Waals surface area contributed by atoms with Crippen molar-refractivity contribution in [3.05, 3.63) is 59.9 Å². The Balaban J connectivity index is 1.64. The Morgan fingerprint density at radius 2 is 1.84 bits per heavy atom. The van der Waals surface area contributed by atoms with E-state index in [0.717, 1.165) is 16.6 Å². The molecule has 0 aliphatic heterocycles. The first kappa shape index (κ1) is 23.2. The molecule has 0 spiro atoms. The van der Waals surface area contributed by atoms with E-state index in [1.807, 2.05) is 69.6 Å². The van der Waals surface area contributed by atoms with Crippen LogP contribution in [0.1, 0.15) is 50.5 Å². The van der Waals surface area contributed by atoms with Crippen molar-refractivity contribution < 1.29 is 14.3 Å². The van der Waals surface area contributed by atoms with Gasteiger partial charge < -0.3 is 15.4 Å². The first-order valence-electron chi connectivity index (χ1n) is 10.8. The van der Waals surface area contributed by atoms with Crippen LogP contribution in [0, 0.1) is 5.92 Å². The molecular weight excluding hydrogens is 406 g/mol. The standard InChI is InChI=1S/C24H31N5O3/c1-16(2)20(28-23(31)32-24(3,4)5)14-26-22(30)19-11-18-13-27-29(21(18)25-12-19)15-17-9-7-6-8-10-17/h6-13,16,20H,14-15H2,1-5H3,(H,26,30)(H,28,31). The van der Waals surface area contributed by atoms with Crippen LogP contribution in [0.15, 0.2) is 48.8 Å². The van der Waals surface area contributed by atoms with Gasteiger partial charge >= 0.3 is 6.09 Å². The van der Waals surface area contributed by atoms with Gasteiger partial charge in [-0.3, -0.25) is 4.79 Å². The smallest absolute Gasteiger partial charge is 0.407 e. The number of amides is 2. The average molecular weight is 438 g/mol. The van der Waals surface area contributed by atoms with E-state index in [0.29, 0.717) is 12.1 Å². The van der Waals surface area contributed by atoms with Gasteiger partial charge in [0.05, 0.1) is 24.3 Å². The van der Waals surface area contributed by atoms with Crippen molar-refractivity contribution in [2.45, 2.75) is 52.8 Å². The van der Waals surface area contributed by atoms with Crippen molar-refractivity contribution in [2.75, 3.05) is 6.54 Å². The summed E-state index contributed by atoms with van der Waals surface area (Å²) in [6.45, 7) is 10.3. The normalized spacial score (nSPS) is 12.6. The van der Waals surface area contributed by atoms with E-state index in [9.17, 15) is 9.59 Å². The molecule has 0 saturated carbocycles. The molecule has 0 aliphatic rings. The largest absolute Gasteiger partial charge is 0.444 e. The third kappa shape index (κ3) is 6.29. The van der Waals surface area contributed by atoms with Gasteiger partial charge in [0, 0.05) is 18.1 Å². The number of pyridine rings is 1. The fourth-order valence-electron chi connectivity index (χ4n) is 3.19. The lowest BCUT2D eigenvalue weighted by Gasteiger charge is -2.26. The van der Waals surface area contributed by atoms with Gasteiger partial charge in [0.25, 0.3) is 5.91 Å². The molecule has 3 aromatic rings. The van der Waals surface area contributed by atoms with Gasteiger partial charge in [0.15, 0.2) is 5.65 Å². The van der Waals surface area contributed by atoms with Crippen LogP contribution >= 0.6 is 0 Å². The van der Waals surface area contributed by atoms with Crippen molar-refractivity contribution >= 4 is 23.0 Å². The van der Waals surface area contributed by atoms with E-state index >= 15 is 0 Å². The minimum Gasteiger partial charge on any atom is -0.444 e. The van der Waals surface area contributed by atoms with Crippen molar-refractivity contribution in [1.29, 1.82) is 0 Å². The molecule has 8 heteroatoms. The van der Waals surface area contributed by atoms with E-state index < -0.39 is 11.7 Å². The summed E-state index contributed by atoms with van der Waals surface area (Å²) in [5.74, 6) is -0.147. The molecule has 3 rings (SSSR count). The number of nitrogens with one attached hydrogen (secondary N) is 2. The Kier molecular flexibility index (Phi) is 7.12. The molecule has 0 bridgehead atoms. The maximum absolute atomic E-state index is 12.7. The van der Waals surface area contributed by atoms with Crippen LogP contribution in [0.4, 0.5) is 4.79 Å². The second kappa shape index (κ2) is 9.80. The lowest BCUT2D eigenvalue weighted by molar-refractivity contribution is 0.0487. The summed E-state index contributed by atoms with van der Waals surface area (Å²) >= 11 is 0. The minimum absolute atomic E-state index is 0.111. The predicted octanol–water partition coefficient (Wildman–Crippen LogP) is 3.76. The molecule has 1 atom stereocenters. The van der Waals surface area contributed by atoms with Crippen molar-refractivity contribution in [2.24, 2.45) is 5.92 Å². The van der Waals surface area contributed by atoms with Crippen molar-refractivity contribution in [3.63, 3.8) is 0 Å². The number of fused-ring (bicyclic) bond motifs is 1. The number of benzene rings is 1. The fourth-order valence-corrected chi connectivity index (χ4v) is 3.19. The summed E-state index contributed by atoms with van der Waals surface area (Å²) in [6, 6.07) is 11.5. The highest BCUT2D eigenvalue weighted by Crippen LogP contribution is 2.15. The van der Waals surface area contributed by atoms with E-state index in [2.05, 4.69) is 20.7 Å². The number of hydrogen-bond donors (Lipinski definition) is 2. The molecule has 32 heavy (non-hydrogen) atoms. The summed E-state index contributed by atoms with van der Waals surface area (Å²) < 4.78 is 7.13. The third-order valence-electron chi connectivity index (χ3n) is 4.90. The fraction of sp³-hybridized carbons (Fsp3) is 0.417. The third-order valence-corrected chi connectivity index (χ3v) is 4.90. The van der Waals surface area contributed by atoms with E-state index in [1.54, 1.807) is 18.5 Å². The zero-order valence-corrected chi connectivity index (χ0v) is 19.3. The Morgan fingerprint density at radius 1 is 1.12 bits per heavy atom. The monoisotopic (exact) mass is 437 g/mol. The van der Waals surface area contributed by atoms with E-state index in [-0.39, 0.29) is 24.4 Å². The summed E-state index contributed by atoms with van der Waals surface area (Å²) in [7, 11) is 0. The van der Waals surface area contributed by atoms with Crippen molar-refractivity contribution in [3.8, 4) is 0 Å². The molecule has 2 heterocycles. The molecule has 1 unspecified atom stereocenters. The Bertz CT molecular complexity index is 1070. The van der Waals surface area contributed by atoms with Crippen LogP contribution in [0.5, 0.6) is 0 Å². The van der Waals surface area contributed by atoms with Gasteiger partial charge in [-0.15, -0.1) is 0 Å². The van der Waals surface area contributed by atoms with Gasteiger partial charge in [0.1, 0.15) is 5.60 Å². The van der Waals surface area contributed by atoms with Gasteiger partial charge in [-0.05, 0) is 38.3 Å². The quantitative estimate of drug-likeness (QED) is 0.586. The first-order valence-corrected chi connectivity index (χ1v) is 10.8. The van der Waals surface area contributed by atoms with Crippen LogP contribution in [-0.4, -0.2) is 45.0 Å². The topological polar surface area (TPSA) is 98.1 Å². The number of rotatable bonds is 7.